The van der Waals surface area contributed by atoms with Gasteiger partial charge in [-0.1, -0.05) is 29.8 Å². The molecule has 0 saturated heterocycles. The summed E-state index contributed by atoms with van der Waals surface area (Å²) in [5.41, 5.74) is 3.40. The molecule has 0 spiro atoms. The van der Waals surface area contributed by atoms with Gasteiger partial charge in [0.05, 0.1) is 5.69 Å². The van der Waals surface area contributed by atoms with Crippen LogP contribution in [0.25, 0.3) is 10.9 Å². The first kappa shape index (κ1) is 21.7. The van der Waals surface area contributed by atoms with Crippen LogP contribution in [0.3, 0.4) is 0 Å². The minimum absolute atomic E-state index is 0.0925. The molecule has 2 unspecified atom stereocenters. The molecule has 0 saturated carbocycles. The summed E-state index contributed by atoms with van der Waals surface area (Å²) >= 11 is 6.10. The van der Waals surface area contributed by atoms with Gasteiger partial charge in [-0.3, -0.25) is 4.79 Å². The molecule has 6 nitrogen and oxygen atoms in total. The number of aromatic amines is 1. The molecule has 2 aromatic carbocycles. The maximum absolute atomic E-state index is 12.3. The maximum Gasteiger partial charge on any atom is 0.266 e. The van der Waals surface area contributed by atoms with E-state index >= 15 is 0 Å². The number of aryl methyl sites for hydroxylation is 1. The Morgan fingerprint density at radius 1 is 1.27 bits per heavy atom. The Morgan fingerprint density at radius 2 is 2.15 bits per heavy atom. The third kappa shape index (κ3) is 4.40. The predicted molar refractivity (Wildman–Crippen MR) is 131 cm³/mol. The molecule has 0 aliphatic carbocycles. The van der Waals surface area contributed by atoms with Crippen LogP contribution in [0, 0.1) is 5.92 Å². The molecule has 1 N–H and O–H groups in total. The molecular weight excluding hydrogens is 438 g/mol. The Kier molecular flexibility index (Phi) is 5.94. The molecule has 2 aliphatic rings. The van der Waals surface area contributed by atoms with Gasteiger partial charge >= 0.3 is 0 Å². The van der Waals surface area contributed by atoms with Crippen LogP contribution >= 0.6 is 11.6 Å². The number of anilines is 1. The Labute approximate surface area is 198 Å². The number of carbonyl (C=O) groups excluding carboxylic acids is 1. The fourth-order valence-corrected chi connectivity index (χ4v) is 4.75. The third-order valence-electron chi connectivity index (χ3n) is 6.42. The van der Waals surface area contributed by atoms with Crippen molar-refractivity contribution in [2.45, 2.75) is 25.4 Å². The summed E-state index contributed by atoms with van der Waals surface area (Å²) in [6, 6.07) is 11.9. The molecule has 0 radical (unpaired) electrons. The number of carbonyl (C=O) groups is 1. The lowest BCUT2D eigenvalue weighted by molar-refractivity contribution is -0.138. The number of para-hydroxylation sites is 1. The first-order valence-corrected chi connectivity index (χ1v) is 11.7. The van der Waals surface area contributed by atoms with Crippen molar-refractivity contribution < 1.29 is 14.3 Å². The fourth-order valence-electron chi connectivity index (χ4n) is 4.57. The number of likely N-dealkylation sites (N-methyl/N-ethyl adjacent to an activating group) is 1. The Morgan fingerprint density at radius 3 is 2.94 bits per heavy atom. The number of aromatic nitrogens is 1. The SMILES string of the molecule is CN(C)C(=O)C1COc2c(cccc2N2C=CC(CCc3c[nH]c4cc(Cl)ccc34)CC2)O1. The second-order valence-corrected chi connectivity index (χ2v) is 9.32. The van der Waals surface area contributed by atoms with Crippen LogP contribution in [0.15, 0.2) is 54.9 Å². The van der Waals surface area contributed by atoms with E-state index in [0.29, 0.717) is 17.4 Å². The fraction of sp³-hybridized carbons (Fsp3) is 0.346. The number of ether oxygens (including phenoxy) is 2. The van der Waals surface area contributed by atoms with Crippen molar-refractivity contribution in [1.29, 1.82) is 0 Å². The standard InChI is InChI=1S/C26H28ClN3O3/c1-29(2)26(31)24-16-32-25-22(4-3-5-23(25)33-24)30-12-10-17(11-13-30)6-7-18-15-28-21-14-19(27)8-9-20(18)21/h3-5,8-10,12,14-15,17,24,28H,6-7,11,13,16H2,1-2H3. The summed E-state index contributed by atoms with van der Waals surface area (Å²) in [6.45, 7) is 1.13. The Balaban J connectivity index is 1.24. The lowest BCUT2D eigenvalue weighted by atomic mass is 9.94. The van der Waals surface area contributed by atoms with Gasteiger partial charge in [-0.2, -0.15) is 0 Å². The minimum Gasteiger partial charge on any atom is -0.483 e. The average molecular weight is 466 g/mol. The smallest absolute Gasteiger partial charge is 0.266 e. The van der Waals surface area contributed by atoms with E-state index in [0.717, 1.165) is 42.0 Å². The first-order valence-electron chi connectivity index (χ1n) is 11.3. The number of fused-ring (bicyclic) bond motifs is 2. The Bertz CT molecular complexity index is 1200. The second-order valence-electron chi connectivity index (χ2n) is 8.88. The predicted octanol–water partition coefficient (Wildman–Crippen LogP) is 5.02. The van der Waals surface area contributed by atoms with Crippen molar-refractivity contribution in [3.8, 4) is 11.5 Å². The lowest BCUT2D eigenvalue weighted by Gasteiger charge is -2.33. The van der Waals surface area contributed by atoms with Crippen LogP contribution in [0.4, 0.5) is 5.69 Å². The van der Waals surface area contributed by atoms with Gasteiger partial charge in [-0.15, -0.1) is 0 Å². The van der Waals surface area contributed by atoms with Crippen LogP contribution in [0.1, 0.15) is 18.4 Å². The number of nitrogens with zero attached hydrogens (tertiary/aromatic N) is 2. The van der Waals surface area contributed by atoms with E-state index in [1.165, 1.54) is 15.8 Å². The maximum atomic E-state index is 12.3. The molecule has 1 amide bonds. The zero-order chi connectivity index (χ0) is 22.9. The lowest BCUT2D eigenvalue weighted by Crippen LogP contribution is -2.43. The zero-order valence-electron chi connectivity index (χ0n) is 18.9. The molecule has 0 bridgehead atoms. The number of hydrogen-bond acceptors (Lipinski definition) is 4. The summed E-state index contributed by atoms with van der Waals surface area (Å²) in [7, 11) is 3.45. The molecule has 1 aromatic heterocycles. The van der Waals surface area contributed by atoms with Crippen LogP contribution in [-0.4, -0.2) is 49.1 Å². The molecular formula is C26H28ClN3O3. The first-order chi connectivity index (χ1) is 16.0. The quantitative estimate of drug-likeness (QED) is 0.574. The van der Waals surface area contributed by atoms with Crippen molar-refractivity contribution in [3.63, 3.8) is 0 Å². The number of benzene rings is 2. The molecule has 3 aromatic rings. The van der Waals surface area contributed by atoms with Crippen LogP contribution < -0.4 is 14.4 Å². The number of rotatable bonds is 5. The van der Waals surface area contributed by atoms with Gasteiger partial charge < -0.3 is 24.3 Å². The highest BCUT2D eigenvalue weighted by molar-refractivity contribution is 6.31. The van der Waals surface area contributed by atoms with Crippen molar-refractivity contribution in [1.82, 2.24) is 9.88 Å². The van der Waals surface area contributed by atoms with Crippen LogP contribution in [0.2, 0.25) is 5.02 Å². The number of amides is 1. The monoisotopic (exact) mass is 465 g/mol. The van der Waals surface area contributed by atoms with Gasteiger partial charge in [0, 0.05) is 49.0 Å². The minimum atomic E-state index is -0.607. The summed E-state index contributed by atoms with van der Waals surface area (Å²) in [5.74, 6) is 1.76. The molecule has 2 aliphatic heterocycles. The van der Waals surface area contributed by atoms with Crippen LogP contribution in [-0.2, 0) is 11.2 Å². The third-order valence-corrected chi connectivity index (χ3v) is 6.66. The van der Waals surface area contributed by atoms with Crippen molar-refractivity contribution in [2.75, 3.05) is 32.1 Å². The van der Waals surface area contributed by atoms with E-state index in [9.17, 15) is 4.79 Å². The van der Waals surface area contributed by atoms with E-state index in [1.807, 2.05) is 30.3 Å². The second kappa shape index (κ2) is 9.02. The highest BCUT2D eigenvalue weighted by Gasteiger charge is 2.31. The van der Waals surface area contributed by atoms with Gasteiger partial charge in [-0.25, -0.2) is 0 Å². The van der Waals surface area contributed by atoms with E-state index < -0.39 is 6.10 Å². The number of allylic oxidation sites excluding steroid dienone is 1. The van der Waals surface area contributed by atoms with E-state index in [-0.39, 0.29) is 12.5 Å². The molecule has 5 rings (SSSR count). The van der Waals surface area contributed by atoms with Crippen molar-refractivity contribution in [2.24, 2.45) is 5.92 Å². The summed E-state index contributed by atoms with van der Waals surface area (Å²) < 4.78 is 12.0. The summed E-state index contributed by atoms with van der Waals surface area (Å²) in [6.07, 6.45) is 9.12. The van der Waals surface area contributed by atoms with Crippen molar-refractivity contribution in [3.05, 3.63) is 65.5 Å². The van der Waals surface area contributed by atoms with Gasteiger partial charge in [0.15, 0.2) is 11.5 Å². The van der Waals surface area contributed by atoms with Crippen molar-refractivity contribution >= 4 is 34.1 Å². The highest BCUT2D eigenvalue weighted by atomic mass is 35.5. The summed E-state index contributed by atoms with van der Waals surface area (Å²) in [5, 5.41) is 2.00. The topological polar surface area (TPSA) is 57.8 Å². The van der Waals surface area contributed by atoms with E-state index in [4.69, 9.17) is 21.1 Å². The molecule has 3 heterocycles. The molecule has 172 valence electrons. The van der Waals surface area contributed by atoms with E-state index in [1.54, 1.807) is 14.1 Å². The number of halogens is 1. The number of nitrogens with one attached hydrogen (secondary N) is 1. The van der Waals surface area contributed by atoms with E-state index in [2.05, 4.69) is 34.4 Å². The normalized spacial score (nSPS) is 19.7. The van der Waals surface area contributed by atoms with Gasteiger partial charge in [-0.05, 0) is 55.0 Å². The average Bonchev–Trinajstić information content (AvgIpc) is 3.23. The number of H-pyrrole nitrogens is 1. The van der Waals surface area contributed by atoms with Crippen LogP contribution in [0.5, 0.6) is 11.5 Å². The summed E-state index contributed by atoms with van der Waals surface area (Å²) in [4.78, 5) is 19.3. The molecule has 0 fully saturated rings. The highest BCUT2D eigenvalue weighted by Crippen LogP contribution is 2.42. The molecule has 7 heteroatoms. The Hall–Kier alpha value is -3.12. The van der Waals surface area contributed by atoms with Gasteiger partial charge in [0.2, 0.25) is 6.10 Å². The largest absolute Gasteiger partial charge is 0.483 e. The van der Waals surface area contributed by atoms with Gasteiger partial charge in [0.25, 0.3) is 5.91 Å². The van der Waals surface area contributed by atoms with Gasteiger partial charge in [0.1, 0.15) is 6.61 Å². The molecule has 2 atom stereocenters. The number of hydrogen-bond donors (Lipinski definition) is 1. The zero-order valence-corrected chi connectivity index (χ0v) is 19.6. The molecule has 33 heavy (non-hydrogen) atoms.